The fraction of sp³-hybridized carbons (Fsp3) is 0.241. The Balaban J connectivity index is 1.70. The fourth-order valence-corrected chi connectivity index (χ4v) is 5.14. The Morgan fingerprint density at radius 1 is 1.03 bits per heavy atom. The van der Waals surface area contributed by atoms with Crippen LogP contribution in [0, 0.1) is 5.92 Å². The molecule has 0 aromatic heterocycles. The molecule has 0 N–H and O–H groups in total. The van der Waals surface area contributed by atoms with E-state index in [0.717, 1.165) is 38.4 Å². The van der Waals surface area contributed by atoms with Crippen LogP contribution in [0.1, 0.15) is 18.9 Å². The average molecular weight is 514 g/mol. The van der Waals surface area contributed by atoms with Crippen LogP contribution in [0.2, 0.25) is 0 Å². The van der Waals surface area contributed by atoms with Crippen molar-refractivity contribution in [2.45, 2.75) is 25.4 Å². The van der Waals surface area contributed by atoms with Gasteiger partial charge in [-0.3, -0.25) is 9.79 Å². The smallest absolute Gasteiger partial charge is 0.132 e. The molecule has 4 nitrogen and oxygen atoms in total. The highest BCUT2D eigenvalue weighted by molar-refractivity contribution is 9.10. The van der Waals surface area contributed by atoms with Gasteiger partial charge in [-0.15, -0.1) is 0 Å². The van der Waals surface area contributed by atoms with Gasteiger partial charge in [0, 0.05) is 42.3 Å². The number of Topliss-reactive ketones (excluding diaryl/α,β-unsaturated/α-hetero) is 1. The lowest BCUT2D eigenvalue weighted by Crippen LogP contribution is -2.44. The van der Waals surface area contributed by atoms with E-state index >= 15 is 0 Å². The van der Waals surface area contributed by atoms with Gasteiger partial charge < -0.3 is 9.80 Å². The van der Waals surface area contributed by atoms with E-state index in [-0.39, 0.29) is 23.8 Å². The lowest BCUT2D eigenvalue weighted by molar-refractivity contribution is -0.117. The minimum absolute atomic E-state index is 0.106. The molecular formula is C29H28BrN3O. The SMILES string of the molecule is CC(=O)CC1C2=CC3C=CC=CC3N=C2C=C(c2ccc(N(C)C)cc2)N1c1ccc(Br)cc1. The minimum atomic E-state index is -0.119. The molecule has 1 aliphatic carbocycles. The highest BCUT2D eigenvalue weighted by atomic mass is 79.9. The number of fused-ring (bicyclic) bond motifs is 2. The highest BCUT2D eigenvalue weighted by Crippen LogP contribution is 2.40. The number of allylic oxidation sites excluding steroid dienone is 3. The summed E-state index contributed by atoms with van der Waals surface area (Å²) in [7, 11) is 4.09. The second kappa shape index (κ2) is 9.22. The fourth-order valence-electron chi connectivity index (χ4n) is 4.88. The Kier molecular flexibility index (Phi) is 6.13. The van der Waals surface area contributed by atoms with Crippen molar-refractivity contribution in [2.75, 3.05) is 23.9 Å². The first-order valence-corrected chi connectivity index (χ1v) is 12.4. The molecule has 2 heterocycles. The van der Waals surface area contributed by atoms with Crippen molar-refractivity contribution in [2.24, 2.45) is 10.9 Å². The molecule has 172 valence electrons. The van der Waals surface area contributed by atoms with Gasteiger partial charge in [-0.05, 0) is 60.5 Å². The maximum absolute atomic E-state index is 12.5. The Hall–Kier alpha value is -3.18. The van der Waals surface area contributed by atoms with Crippen LogP contribution >= 0.6 is 15.9 Å². The minimum Gasteiger partial charge on any atom is -0.378 e. The maximum atomic E-state index is 12.5. The predicted molar refractivity (Wildman–Crippen MR) is 146 cm³/mol. The maximum Gasteiger partial charge on any atom is 0.132 e. The Morgan fingerprint density at radius 3 is 2.41 bits per heavy atom. The summed E-state index contributed by atoms with van der Waals surface area (Å²) in [5, 5.41) is 0. The molecular weight excluding hydrogens is 486 g/mol. The number of hydrogen-bond acceptors (Lipinski definition) is 4. The van der Waals surface area contributed by atoms with E-state index in [4.69, 9.17) is 4.99 Å². The van der Waals surface area contributed by atoms with Crippen LogP contribution in [0.5, 0.6) is 0 Å². The Bertz CT molecular complexity index is 1250. The second-order valence-electron chi connectivity index (χ2n) is 9.21. The van der Waals surface area contributed by atoms with Crippen LogP contribution in [0.4, 0.5) is 11.4 Å². The third-order valence-electron chi connectivity index (χ3n) is 6.57. The van der Waals surface area contributed by atoms with Crippen molar-refractivity contribution in [3.8, 4) is 0 Å². The molecule has 2 aliphatic heterocycles. The van der Waals surface area contributed by atoms with Gasteiger partial charge in [-0.1, -0.05) is 58.4 Å². The number of carbonyl (C=O) groups is 1. The van der Waals surface area contributed by atoms with Crippen molar-refractivity contribution in [1.82, 2.24) is 0 Å². The van der Waals surface area contributed by atoms with Gasteiger partial charge in [0.05, 0.1) is 23.5 Å². The third-order valence-corrected chi connectivity index (χ3v) is 7.10. The normalized spacial score (nSPS) is 22.9. The molecule has 2 aromatic rings. The van der Waals surface area contributed by atoms with Crippen LogP contribution < -0.4 is 9.80 Å². The zero-order chi connectivity index (χ0) is 23.8. The number of halogens is 1. The first kappa shape index (κ1) is 22.6. The number of dihydropyridines is 1. The lowest BCUT2D eigenvalue weighted by atomic mass is 9.81. The molecule has 3 aliphatic rings. The van der Waals surface area contributed by atoms with Crippen LogP contribution in [0.3, 0.4) is 0 Å². The molecule has 5 rings (SSSR count). The van der Waals surface area contributed by atoms with E-state index in [1.54, 1.807) is 6.92 Å². The summed E-state index contributed by atoms with van der Waals surface area (Å²) in [6.07, 6.45) is 13.4. The largest absolute Gasteiger partial charge is 0.378 e. The zero-order valence-corrected chi connectivity index (χ0v) is 21.2. The molecule has 3 unspecified atom stereocenters. The van der Waals surface area contributed by atoms with Gasteiger partial charge in [-0.25, -0.2) is 0 Å². The summed E-state index contributed by atoms with van der Waals surface area (Å²) in [5.41, 5.74) is 6.47. The summed E-state index contributed by atoms with van der Waals surface area (Å²) < 4.78 is 1.03. The molecule has 0 spiro atoms. The number of anilines is 2. The van der Waals surface area contributed by atoms with Crippen molar-refractivity contribution in [3.05, 3.63) is 101 Å². The Labute approximate surface area is 209 Å². The van der Waals surface area contributed by atoms with E-state index in [1.165, 1.54) is 0 Å². The number of benzene rings is 2. The van der Waals surface area contributed by atoms with E-state index in [2.05, 4.69) is 111 Å². The highest BCUT2D eigenvalue weighted by Gasteiger charge is 2.37. The number of aliphatic imine (C=N–C) groups is 1. The molecule has 0 saturated carbocycles. The predicted octanol–water partition coefficient (Wildman–Crippen LogP) is 6.22. The molecule has 5 heteroatoms. The van der Waals surface area contributed by atoms with Gasteiger partial charge in [0.1, 0.15) is 5.78 Å². The van der Waals surface area contributed by atoms with Gasteiger partial charge in [-0.2, -0.15) is 0 Å². The summed E-state index contributed by atoms with van der Waals surface area (Å²) in [6.45, 7) is 1.68. The van der Waals surface area contributed by atoms with Crippen LogP contribution in [-0.2, 0) is 4.79 Å². The van der Waals surface area contributed by atoms with Crippen molar-refractivity contribution in [3.63, 3.8) is 0 Å². The number of carbonyl (C=O) groups excluding carboxylic acids is 1. The molecule has 0 saturated heterocycles. The second-order valence-corrected chi connectivity index (χ2v) is 10.1. The van der Waals surface area contributed by atoms with Gasteiger partial charge in [0.2, 0.25) is 0 Å². The van der Waals surface area contributed by atoms with E-state index in [9.17, 15) is 4.79 Å². The number of rotatable bonds is 5. The molecule has 0 amide bonds. The summed E-state index contributed by atoms with van der Waals surface area (Å²) in [5.74, 6) is 0.386. The molecule has 0 bridgehead atoms. The Morgan fingerprint density at radius 2 is 1.74 bits per heavy atom. The van der Waals surface area contributed by atoms with Crippen molar-refractivity contribution in [1.29, 1.82) is 0 Å². The first-order chi connectivity index (χ1) is 16.4. The molecule has 0 fully saturated rings. The summed E-state index contributed by atoms with van der Waals surface area (Å²) in [6, 6.07) is 16.9. The van der Waals surface area contributed by atoms with Crippen LogP contribution in [0.25, 0.3) is 5.70 Å². The molecule has 2 aromatic carbocycles. The van der Waals surface area contributed by atoms with Crippen LogP contribution in [0.15, 0.2) is 100 Å². The van der Waals surface area contributed by atoms with Gasteiger partial charge >= 0.3 is 0 Å². The summed E-state index contributed by atoms with van der Waals surface area (Å²) in [4.78, 5) is 22.0. The summed E-state index contributed by atoms with van der Waals surface area (Å²) >= 11 is 3.56. The van der Waals surface area contributed by atoms with Crippen LogP contribution in [-0.4, -0.2) is 37.7 Å². The number of ketones is 1. The first-order valence-electron chi connectivity index (χ1n) is 11.6. The molecule has 0 radical (unpaired) electrons. The topological polar surface area (TPSA) is 35.9 Å². The average Bonchev–Trinajstić information content (AvgIpc) is 2.83. The number of hydrogen-bond donors (Lipinski definition) is 0. The van der Waals surface area contributed by atoms with Gasteiger partial charge in [0.25, 0.3) is 0 Å². The standard InChI is InChI=1S/C29H28BrN3O/c1-19(34)16-29-25-17-21-6-4-5-7-26(21)31-27(25)18-28(20-8-12-23(13-9-20)32(2)3)33(29)24-14-10-22(30)11-15-24/h4-15,17-18,21,26,29H,16H2,1-3H3. The number of nitrogens with zero attached hydrogens (tertiary/aromatic N) is 3. The van der Waals surface area contributed by atoms with Gasteiger partial charge in [0.15, 0.2) is 0 Å². The monoisotopic (exact) mass is 513 g/mol. The van der Waals surface area contributed by atoms with E-state index < -0.39 is 0 Å². The van der Waals surface area contributed by atoms with E-state index in [0.29, 0.717) is 6.42 Å². The van der Waals surface area contributed by atoms with E-state index in [1.807, 2.05) is 14.1 Å². The molecule has 34 heavy (non-hydrogen) atoms. The quantitative estimate of drug-likeness (QED) is 0.476. The van der Waals surface area contributed by atoms with Crippen molar-refractivity contribution < 1.29 is 4.79 Å². The van der Waals surface area contributed by atoms with Crippen molar-refractivity contribution >= 4 is 44.5 Å². The lowest BCUT2D eigenvalue weighted by Gasteiger charge is -2.42. The molecule has 3 atom stereocenters. The zero-order valence-electron chi connectivity index (χ0n) is 19.6. The third kappa shape index (κ3) is 4.32.